The third-order valence-corrected chi connectivity index (χ3v) is 13.0. The predicted octanol–water partition coefficient (Wildman–Crippen LogP) is 6.28. The van der Waals surface area contributed by atoms with E-state index in [-0.39, 0.29) is 46.9 Å². The third kappa shape index (κ3) is 5.85. The molecule has 0 aliphatic heterocycles. The molecule has 0 bridgehead atoms. The van der Waals surface area contributed by atoms with Crippen molar-refractivity contribution in [3.05, 3.63) is 11.6 Å². The van der Waals surface area contributed by atoms with Gasteiger partial charge in [0, 0.05) is 6.92 Å². The molecular weight excluding hydrogens is 420 g/mol. The molecule has 0 saturated heterocycles. The lowest BCUT2D eigenvalue weighted by molar-refractivity contribution is -0.167. The molecule has 2 rings (SSSR count). The fourth-order valence-corrected chi connectivity index (χ4v) is 6.66. The summed E-state index contributed by atoms with van der Waals surface area (Å²) < 4.78 is 17.5. The van der Waals surface area contributed by atoms with Crippen LogP contribution in [0.5, 0.6) is 0 Å². The highest BCUT2D eigenvalue weighted by Crippen LogP contribution is 2.59. The second kappa shape index (κ2) is 9.61. The van der Waals surface area contributed by atoms with E-state index in [2.05, 4.69) is 67.6 Å². The highest BCUT2D eigenvalue weighted by atomic mass is 28.4. The number of carbonyl (C=O) groups excluding carboxylic acids is 2. The van der Waals surface area contributed by atoms with Gasteiger partial charge in [0.25, 0.3) is 0 Å². The van der Waals surface area contributed by atoms with Crippen molar-refractivity contribution in [1.29, 1.82) is 0 Å². The van der Waals surface area contributed by atoms with Crippen molar-refractivity contribution in [2.75, 3.05) is 13.2 Å². The van der Waals surface area contributed by atoms with Gasteiger partial charge in [-0.2, -0.15) is 0 Å². The van der Waals surface area contributed by atoms with Gasteiger partial charge >= 0.3 is 11.9 Å². The second-order valence-corrected chi connectivity index (χ2v) is 17.3. The zero-order valence-corrected chi connectivity index (χ0v) is 23.1. The zero-order chi connectivity index (χ0) is 24.5. The molecule has 0 spiro atoms. The van der Waals surface area contributed by atoms with E-state index >= 15 is 0 Å². The smallest absolute Gasteiger partial charge is 0.313 e. The Morgan fingerprint density at radius 2 is 1.78 bits per heavy atom. The van der Waals surface area contributed by atoms with Gasteiger partial charge in [-0.1, -0.05) is 59.6 Å². The summed E-state index contributed by atoms with van der Waals surface area (Å²) in [5.41, 5.74) is 1.21. The van der Waals surface area contributed by atoms with Crippen molar-refractivity contribution in [2.24, 2.45) is 22.7 Å². The Kier molecular flexibility index (Phi) is 8.14. The van der Waals surface area contributed by atoms with Crippen molar-refractivity contribution >= 4 is 20.3 Å². The summed E-state index contributed by atoms with van der Waals surface area (Å²) in [4.78, 5) is 25.1. The summed E-state index contributed by atoms with van der Waals surface area (Å²) in [5, 5.41) is 0.0475. The molecule has 2 aliphatic carbocycles. The lowest BCUT2D eigenvalue weighted by Gasteiger charge is -2.55. The highest BCUT2D eigenvalue weighted by molar-refractivity contribution is 6.74. The first kappa shape index (κ1) is 27.1. The van der Waals surface area contributed by atoms with Crippen LogP contribution in [0.4, 0.5) is 0 Å². The zero-order valence-electron chi connectivity index (χ0n) is 22.1. The highest BCUT2D eigenvalue weighted by Gasteiger charge is 2.54. The van der Waals surface area contributed by atoms with E-state index in [0.29, 0.717) is 5.92 Å². The maximum Gasteiger partial charge on any atom is 0.313 e. The molecule has 0 radical (unpaired) electrons. The van der Waals surface area contributed by atoms with E-state index in [1.54, 1.807) is 0 Å². The monoisotopic (exact) mass is 466 g/mol. The van der Waals surface area contributed by atoms with E-state index in [9.17, 15) is 9.59 Å². The molecule has 0 aromatic heterocycles. The first-order chi connectivity index (χ1) is 14.5. The van der Waals surface area contributed by atoms with Gasteiger partial charge in [-0.3, -0.25) is 9.59 Å². The molecule has 0 unspecified atom stereocenters. The van der Waals surface area contributed by atoms with Crippen LogP contribution < -0.4 is 0 Å². The Hall–Kier alpha value is -1.14. The standard InChI is InChI=1S/C26H46O5Si/c1-18-12-13-21-25(6,7)14-11-15-26(21,8)22(18)23(28)29-16-20(31-19(2)27)17-30-32(9,10)24(3,4)5/h12,20-22H,11,13-17H2,1-10H3/t20-,21+,22-,26+/m1/s1. The van der Waals surface area contributed by atoms with Crippen LogP contribution in [0.15, 0.2) is 11.6 Å². The maximum atomic E-state index is 13.4. The van der Waals surface area contributed by atoms with Gasteiger partial charge in [-0.25, -0.2) is 0 Å². The van der Waals surface area contributed by atoms with E-state index in [4.69, 9.17) is 13.9 Å². The summed E-state index contributed by atoms with van der Waals surface area (Å²) in [6, 6.07) is 0. The molecule has 0 aromatic carbocycles. The summed E-state index contributed by atoms with van der Waals surface area (Å²) in [6.45, 7) is 21.5. The van der Waals surface area contributed by atoms with Crippen LogP contribution in [0.25, 0.3) is 0 Å². The van der Waals surface area contributed by atoms with Crippen molar-refractivity contribution < 1.29 is 23.5 Å². The number of fused-ring (bicyclic) bond motifs is 1. The largest absolute Gasteiger partial charge is 0.461 e. The lowest BCUT2D eigenvalue weighted by Crippen LogP contribution is -2.51. The number of hydrogen-bond acceptors (Lipinski definition) is 5. The molecule has 184 valence electrons. The van der Waals surface area contributed by atoms with E-state index < -0.39 is 14.4 Å². The van der Waals surface area contributed by atoms with E-state index in [0.717, 1.165) is 24.8 Å². The van der Waals surface area contributed by atoms with Crippen LogP contribution in [0.2, 0.25) is 18.1 Å². The Labute approximate surface area is 196 Å². The van der Waals surface area contributed by atoms with Gasteiger partial charge in [0.05, 0.1) is 12.5 Å². The number of ether oxygens (including phenoxy) is 2. The van der Waals surface area contributed by atoms with Gasteiger partial charge in [0.1, 0.15) is 6.61 Å². The van der Waals surface area contributed by atoms with Gasteiger partial charge in [0.2, 0.25) is 0 Å². The first-order valence-corrected chi connectivity index (χ1v) is 15.1. The Balaban J connectivity index is 2.12. The minimum absolute atomic E-state index is 0.0287. The molecule has 0 heterocycles. The van der Waals surface area contributed by atoms with Crippen LogP contribution in [-0.4, -0.2) is 39.6 Å². The van der Waals surface area contributed by atoms with Crippen molar-refractivity contribution in [3.8, 4) is 0 Å². The number of hydrogen-bond donors (Lipinski definition) is 0. The average Bonchev–Trinajstić information content (AvgIpc) is 2.61. The number of esters is 2. The van der Waals surface area contributed by atoms with Crippen molar-refractivity contribution in [1.82, 2.24) is 0 Å². The molecule has 5 nitrogen and oxygen atoms in total. The first-order valence-electron chi connectivity index (χ1n) is 12.2. The van der Waals surface area contributed by atoms with E-state index in [1.807, 2.05) is 0 Å². The minimum Gasteiger partial charge on any atom is -0.461 e. The number of allylic oxidation sites excluding steroid dienone is 1. The van der Waals surface area contributed by atoms with Crippen molar-refractivity contribution in [2.45, 2.75) is 105 Å². The third-order valence-electron chi connectivity index (χ3n) is 8.48. The molecule has 1 saturated carbocycles. The molecule has 2 aliphatic rings. The Morgan fingerprint density at radius 1 is 1.16 bits per heavy atom. The predicted molar refractivity (Wildman–Crippen MR) is 131 cm³/mol. The fraction of sp³-hybridized carbons (Fsp3) is 0.846. The average molecular weight is 467 g/mol. The summed E-state index contributed by atoms with van der Waals surface area (Å²) in [6.07, 6.45) is 6.03. The molecule has 32 heavy (non-hydrogen) atoms. The second-order valence-electron chi connectivity index (χ2n) is 12.5. The normalized spacial score (nSPS) is 28.9. The Morgan fingerprint density at radius 3 is 2.34 bits per heavy atom. The molecule has 0 amide bonds. The lowest BCUT2D eigenvalue weighted by atomic mass is 9.49. The SMILES string of the molecule is CC(=O)O[C@H](COC(=O)[C@H]1C(C)=CC[C@H]2C(C)(C)CCC[C@]12C)CO[Si](C)(C)C(C)(C)C. The van der Waals surface area contributed by atoms with Gasteiger partial charge in [0.15, 0.2) is 14.4 Å². The summed E-state index contributed by atoms with van der Waals surface area (Å²) in [7, 11) is -2.01. The molecular formula is C26H46O5Si. The van der Waals surface area contributed by atoms with Crippen LogP contribution in [0, 0.1) is 22.7 Å². The van der Waals surface area contributed by atoms with E-state index in [1.165, 1.54) is 13.3 Å². The molecule has 4 atom stereocenters. The molecule has 0 aromatic rings. The van der Waals surface area contributed by atoms with Crippen LogP contribution >= 0.6 is 0 Å². The maximum absolute atomic E-state index is 13.4. The molecule has 1 fully saturated rings. The fourth-order valence-electron chi connectivity index (χ4n) is 5.62. The van der Waals surface area contributed by atoms with Crippen molar-refractivity contribution in [3.63, 3.8) is 0 Å². The quantitative estimate of drug-likeness (QED) is 0.251. The topological polar surface area (TPSA) is 61.8 Å². The summed E-state index contributed by atoms with van der Waals surface area (Å²) >= 11 is 0. The molecule has 6 heteroatoms. The number of carbonyl (C=O) groups is 2. The molecule has 0 N–H and O–H groups in total. The van der Waals surface area contributed by atoms with Crippen LogP contribution in [0.3, 0.4) is 0 Å². The Bertz CT molecular complexity index is 733. The van der Waals surface area contributed by atoms with Crippen LogP contribution in [-0.2, 0) is 23.5 Å². The van der Waals surface area contributed by atoms with Crippen LogP contribution in [0.1, 0.15) is 81.1 Å². The minimum atomic E-state index is -2.01. The van der Waals surface area contributed by atoms with Gasteiger partial charge in [-0.15, -0.1) is 0 Å². The van der Waals surface area contributed by atoms with Gasteiger partial charge in [-0.05, 0) is 61.1 Å². The number of rotatable bonds is 7. The van der Waals surface area contributed by atoms with Gasteiger partial charge < -0.3 is 13.9 Å². The summed E-state index contributed by atoms with van der Waals surface area (Å²) in [5.74, 6) is -0.385.